The summed E-state index contributed by atoms with van der Waals surface area (Å²) >= 11 is 5.91. The van der Waals surface area contributed by atoms with Crippen LogP contribution in [0.15, 0.2) is 6.07 Å². The van der Waals surface area contributed by atoms with Gasteiger partial charge in [0.1, 0.15) is 10.7 Å². The second-order valence-electron chi connectivity index (χ2n) is 3.26. The van der Waals surface area contributed by atoms with E-state index in [-0.39, 0.29) is 5.78 Å². The van der Waals surface area contributed by atoms with Crippen LogP contribution in [-0.4, -0.2) is 17.9 Å². The summed E-state index contributed by atoms with van der Waals surface area (Å²) in [6.07, 6.45) is 2.33. The maximum atomic E-state index is 11.5. The highest BCUT2D eigenvalue weighted by atomic mass is 35.5. The van der Waals surface area contributed by atoms with Gasteiger partial charge >= 0.3 is 0 Å². The lowest BCUT2D eigenvalue weighted by Crippen LogP contribution is -2.13. The molecule has 0 N–H and O–H groups in total. The average molecular weight is 212 g/mol. The molecule has 0 radical (unpaired) electrons. The molecule has 14 heavy (non-hydrogen) atoms. The number of ether oxygens (including phenoxy) is 1. The number of pyridine rings is 1. The van der Waals surface area contributed by atoms with Gasteiger partial charge in [-0.15, -0.1) is 0 Å². The Morgan fingerprint density at radius 2 is 2.29 bits per heavy atom. The second kappa shape index (κ2) is 3.58. The van der Waals surface area contributed by atoms with E-state index in [0.29, 0.717) is 23.0 Å². The third kappa shape index (κ3) is 1.48. The molecule has 0 saturated carbocycles. The van der Waals surface area contributed by atoms with Gasteiger partial charge in [0.05, 0.1) is 7.11 Å². The number of hydrogen-bond acceptors (Lipinski definition) is 3. The van der Waals surface area contributed by atoms with Crippen LogP contribution in [0.5, 0.6) is 5.88 Å². The molecule has 1 aliphatic rings. The lowest BCUT2D eigenvalue weighted by atomic mass is 9.95. The molecular formula is C10H10ClNO2. The van der Waals surface area contributed by atoms with E-state index in [9.17, 15) is 4.79 Å². The van der Waals surface area contributed by atoms with Gasteiger partial charge < -0.3 is 4.74 Å². The van der Waals surface area contributed by atoms with Crippen LogP contribution in [-0.2, 0) is 6.42 Å². The van der Waals surface area contributed by atoms with Crippen molar-refractivity contribution in [2.24, 2.45) is 0 Å². The average Bonchev–Trinajstić information content (AvgIpc) is 2.17. The van der Waals surface area contributed by atoms with Crippen LogP contribution in [0, 0.1) is 0 Å². The zero-order valence-corrected chi connectivity index (χ0v) is 8.60. The SMILES string of the molecule is COc1nc2c(cc1Cl)CCCC2=O. The summed E-state index contributed by atoms with van der Waals surface area (Å²) in [4.78, 5) is 15.6. The number of hydrogen-bond donors (Lipinski definition) is 0. The van der Waals surface area contributed by atoms with E-state index >= 15 is 0 Å². The first kappa shape index (κ1) is 9.46. The van der Waals surface area contributed by atoms with Crippen LogP contribution < -0.4 is 4.74 Å². The standard InChI is InChI=1S/C10H10ClNO2/c1-14-10-7(11)5-6-3-2-4-8(13)9(6)12-10/h5H,2-4H2,1H3. The summed E-state index contributed by atoms with van der Waals surface area (Å²) in [6, 6.07) is 1.78. The predicted octanol–water partition coefficient (Wildman–Crippen LogP) is 2.26. The number of ketones is 1. The molecule has 0 spiro atoms. The fourth-order valence-corrected chi connectivity index (χ4v) is 1.89. The Labute approximate surface area is 87.0 Å². The maximum Gasteiger partial charge on any atom is 0.232 e. The summed E-state index contributed by atoms with van der Waals surface area (Å²) in [5.41, 5.74) is 1.46. The van der Waals surface area contributed by atoms with Crippen molar-refractivity contribution in [1.29, 1.82) is 0 Å². The monoisotopic (exact) mass is 211 g/mol. The van der Waals surface area contributed by atoms with Gasteiger partial charge in [0.15, 0.2) is 5.78 Å². The minimum atomic E-state index is 0.0845. The van der Waals surface area contributed by atoms with Crippen LogP contribution >= 0.6 is 11.6 Å². The molecule has 0 aliphatic heterocycles. The van der Waals surface area contributed by atoms with E-state index in [4.69, 9.17) is 16.3 Å². The van der Waals surface area contributed by atoms with E-state index in [0.717, 1.165) is 18.4 Å². The number of nitrogens with zero attached hydrogens (tertiary/aromatic N) is 1. The lowest BCUT2D eigenvalue weighted by Gasteiger charge is -2.14. The van der Waals surface area contributed by atoms with E-state index < -0.39 is 0 Å². The molecule has 1 aromatic heterocycles. The maximum absolute atomic E-state index is 11.5. The van der Waals surface area contributed by atoms with Crippen molar-refractivity contribution in [3.8, 4) is 5.88 Å². The first-order valence-corrected chi connectivity index (χ1v) is 4.87. The van der Waals surface area contributed by atoms with E-state index in [1.54, 1.807) is 6.07 Å². The summed E-state index contributed by atoms with van der Waals surface area (Å²) < 4.78 is 4.96. The minimum absolute atomic E-state index is 0.0845. The van der Waals surface area contributed by atoms with Gasteiger partial charge in [-0.05, 0) is 24.5 Å². The van der Waals surface area contributed by atoms with Gasteiger partial charge in [-0.1, -0.05) is 11.6 Å². The summed E-state index contributed by atoms with van der Waals surface area (Å²) in [6.45, 7) is 0. The van der Waals surface area contributed by atoms with Gasteiger partial charge in [0.25, 0.3) is 0 Å². The first-order valence-electron chi connectivity index (χ1n) is 4.49. The van der Waals surface area contributed by atoms with Crippen molar-refractivity contribution in [3.63, 3.8) is 0 Å². The smallest absolute Gasteiger partial charge is 0.232 e. The number of halogens is 1. The van der Waals surface area contributed by atoms with Crippen LogP contribution in [0.1, 0.15) is 28.9 Å². The van der Waals surface area contributed by atoms with Crippen LogP contribution in [0.3, 0.4) is 0 Å². The molecule has 2 rings (SSSR count). The fraction of sp³-hybridized carbons (Fsp3) is 0.400. The molecule has 4 heteroatoms. The van der Waals surface area contributed by atoms with Gasteiger partial charge in [-0.2, -0.15) is 0 Å². The van der Waals surface area contributed by atoms with Gasteiger partial charge in [0.2, 0.25) is 5.88 Å². The fourth-order valence-electron chi connectivity index (χ4n) is 1.64. The van der Waals surface area contributed by atoms with E-state index in [1.807, 2.05) is 0 Å². The number of carbonyl (C=O) groups is 1. The van der Waals surface area contributed by atoms with Crippen molar-refractivity contribution >= 4 is 17.4 Å². The number of rotatable bonds is 1. The Balaban J connectivity index is 2.54. The number of carbonyl (C=O) groups excluding carboxylic acids is 1. The van der Waals surface area contributed by atoms with Crippen LogP contribution in [0.2, 0.25) is 5.02 Å². The lowest BCUT2D eigenvalue weighted by molar-refractivity contribution is 0.0966. The number of fused-ring (bicyclic) bond motifs is 1. The van der Waals surface area contributed by atoms with Gasteiger partial charge in [-0.3, -0.25) is 4.79 Å². The highest BCUT2D eigenvalue weighted by Gasteiger charge is 2.20. The molecule has 1 heterocycles. The zero-order chi connectivity index (χ0) is 10.1. The van der Waals surface area contributed by atoms with E-state index in [2.05, 4.69) is 4.98 Å². The van der Waals surface area contributed by atoms with E-state index in [1.165, 1.54) is 7.11 Å². The van der Waals surface area contributed by atoms with Crippen LogP contribution in [0.25, 0.3) is 0 Å². The summed E-state index contributed by atoms with van der Waals surface area (Å²) in [5.74, 6) is 0.418. The Morgan fingerprint density at radius 3 is 3.00 bits per heavy atom. The number of aryl methyl sites for hydroxylation is 1. The molecule has 0 saturated heterocycles. The molecule has 0 aromatic carbocycles. The normalized spacial score (nSPS) is 15.1. The van der Waals surface area contributed by atoms with Crippen molar-refractivity contribution < 1.29 is 9.53 Å². The molecule has 0 atom stereocenters. The second-order valence-corrected chi connectivity index (χ2v) is 3.67. The van der Waals surface area contributed by atoms with Crippen LogP contribution in [0.4, 0.5) is 0 Å². The summed E-state index contributed by atoms with van der Waals surface area (Å²) in [7, 11) is 1.49. The third-order valence-corrected chi connectivity index (χ3v) is 2.60. The largest absolute Gasteiger partial charge is 0.480 e. The molecular weight excluding hydrogens is 202 g/mol. The van der Waals surface area contributed by atoms with Crippen molar-refractivity contribution in [1.82, 2.24) is 4.98 Å². The third-order valence-electron chi connectivity index (χ3n) is 2.33. The zero-order valence-electron chi connectivity index (χ0n) is 7.84. The molecule has 3 nitrogen and oxygen atoms in total. The molecule has 0 bridgehead atoms. The molecule has 0 amide bonds. The number of methoxy groups -OCH3 is 1. The predicted molar refractivity (Wildman–Crippen MR) is 53.1 cm³/mol. The highest BCUT2D eigenvalue weighted by Crippen LogP contribution is 2.28. The summed E-state index contributed by atoms with van der Waals surface area (Å²) in [5, 5.41) is 0.473. The minimum Gasteiger partial charge on any atom is -0.480 e. The molecule has 1 aromatic rings. The highest BCUT2D eigenvalue weighted by molar-refractivity contribution is 6.32. The Bertz CT molecular complexity index is 390. The first-order chi connectivity index (χ1) is 6.72. The van der Waals surface area contributed by atoms with Crippen molar-refractivity contribution in [3.05, 3.63) is 22.3 Å². The quantitative estimate of drug-likeness (QED) is 0.715. The molecule has 1 aliphatic carbocycles. The topological polar surface area (TPSA) is 39.2 Å². The van der Waals surface area contributed by atoms with Gasteiger partial charge in [0, 0.05) is 6.42 Å². The van der Waals surface area contributed by atoms with Gasteiger partial charge in [-0.25, -0.2) is 4.98 Å². The molecule has 0 fully saturated rings. The van der Waals surface area contributed by atoms with Crippen molar-refractivity contribution in [2.45, 2.75) is 19.3 Å². The number of aromatic nitrogens is 1. The molecule has 74 valence electrons. The molecule has 0 unspecified atom stereocenters. The Kier molecular flexibility index (Phi) is 2.42. The van der Waals surface area contributed by atoms with Crippen molar-refractivity contribution in [2.75, 3.05) is 7.11 Å². The Hall–Kier alpha value is -1.09. The Morgan fingerprint density at radius 1 is 1.50 bits per heavy atom. The number of Topliss-reactive ketones (excluding diaryl/α,β-unsaturated/α-hetero) is 1.